The van der Waals surface area contributed by atoms with Gasteiger partial charge < -0.3 is 14.2 Å². The number of anilines is 1. The van der Waals surface area contributed by atoms with Crippen LogP contribution in [0.15, 0.2) is 23.1 Å². The van der Waals surface area contributed by atoms with Crippen LogP contribution in [-0.4, -0.2) is 30.7 Å². The molecule has 0 saturated heterocycles. The molecule has 0 spiro atoms. The number of methoxy groups -OCH3 is 1. The molecule has 0 aliphatic carbocycles. The molecule has 0 fully saturated rings. The molecule has 5 heteroatoms. The third-order valence-electron chi connectivity index (χ3n) is 3.11. The summed E-state index contributed by atoms with van der Waals surface area (Å²) in [4.78, 5) is 25.3. The van der Waals surface area contributed by atoms with Gasteiger partial charge in [0, 0.05) is 32.3 Å². The molecule has 5 nitrogen and oxygen atoms in total. The summed E-state index contributed by atoms with van der Waals surface area (Å²) < 4.78 is 6.23. The SMILES string of the molecule is CCN(CC)c1cccn(CCCC(=O)OC)c1=O. The standard InChI is InChI=1S/C14H22N2O3/c1-4-15(5-2)12-8-6-10-16(14(12)18)11-7-9-13(17)19-3/h6,8,10H,4-5,7,9,11H2,1-3H3. The van der Waals surface area contributed by atoms with Gasteiger partial charge in [0.1, 0.15) is 5.69 Å². The van der Waals surface area contributed by atoms with Crippen LogP contribution in [0.1, 0.15) is 26.7 Å². The van der Waals surface area contributed by atoms with Crippen molar-refractivity contribution in [2.75, 3.05) is 25.1 Å². The first-order valence-corrected chi connectivity index (χ1v) is 6.65. The van der Waals surface area contributed by atoms with E-state index in [4.69, 9.17) is 0 Å². The second-order valence-electron chi connectivity index (χ2n) is 4.24. The van der Waals surface area contributed by atoms with E-state index >= 15 is 0 Å². The Morgan fingerprint density at radius 2 is 2.05 bits per heavy atom. The number of pyridine rings is 1. The lowest BCUT2D eigenvalue weighted by Crippen LogP contribution is -2.31. The molecule has 0 aliphatic heterocycles. The normalized spacial score (nSPS) is 10.3. The second kappa shape index (κ2) is 7.61. The summed E-state index contributed by atoms with van der Waals surface area (Å²) in [5.74, 6) is -0.243. The Balaban J connectivity index is 2.77. The van der Waals surface area contributed by atoms with Gasteiger partial charge in [-0.25, -0.2) is 0 Å². The van der Waals surface area contributed by atoms with Crippen LogP contribution in [0, 0.1) is 0 Å². The zero-order chi connectivity index (χ0) is 14.3. The maximum atomic E-state index is 12.3. The number of ether oxygens (including phenoxy) is 1. The Morgan fingerprint density at radius 1 is 1.37 bits per heavy atom. The Kier molecular flexibility index (Phi) is 6.12. The van der Waals surface area contributed by atoms with Gasteiger partial charge in [-0.2, -0.15) is 0 Å². The molecule has 1 rings (SSSR count). The van der Waals surface area contributed by atoms with E-state index in [2.05, 4.69) is 4.74 Å². The number of hydrogen-bond donors (Lipinski definition) is 0. The van der Waals surface area contributed by atoms with Gasteiger partial charge in [-0.1, -0.05) is 0 Å². The predicted octanol–water partition coefficient (Wildman–Crippen LogP) is 1.65. The van der Waals surface area contributed by atoms with Crippen LogP contribution in [0.25, 0.3) is 0 Å². The quantitative estimate of drug-likeness (QED) is 0.704. The van der Waals surface area contributed by atoms with Crippen molar-refractivity contribution in [3.63, 3.8) is 0 Å². The number of carbonyl (C=O) groups is 1. The van der Waals surface area contributed by atoms with Crippen LogP contribution >= 0.6 is 0 Å². The van der Waals surface area contributed by atoms with Gasteiger partial charge in [0.05, 0.1) is 7.11 Å². The van der Waals surface area contributed by atoms with E-state index in [0.29, 0.717) is 25.1 Å². The van der Waals surface area contributed by atoms with Crippen molar-refractivity contribution in [1.82, 2.24) is 4.57 Å². The van der Waals surface area contributed by atoms with Crippen molar-refractivity contribution in [3.05, 3.63) is 28.7 Å². The fraction of sp³-hybridized carbons (Fsp3) is 0.571. The number of rotatable bonds is 7. The second-order valence-corrected chi connectivity index (χ2v) is 4.24. The molecule has 0 N–H and O–H groups in total. The summed E-state index contributed by atoms with van der Waals surface area (Å²) in [5, 5.41) is 0. The summed E-state index contributed by atoms with van der Waals surface area (Å²) in [6, 6.07) is 3.71. The van der Waals surface area contributed by atoms with Gasteiger partial charge in [-0.3, -0.25) is 9.59 Å². The topological polar surface area (TPSA) is 51.5 Å². The van der Waals surface area contributed by atoms with Gasteiger partial charge >= 0.3 is 5.97 Å². The molecular weight excluding hydrogens is 244 g/mol. The van der Waals surface area contributed by atoms with Crippen molar-refractivity contribution < 1.29 is 9.53 Å². The fourth-order valence-corrected chi connectivity index (χ4v) is 2.00. The van der Waals surface area contributed by atoms with Crippen LogP contribution in [0.5, 0.6) is 0 Å². The third-order valence-corrected chi connectivity index (χ3v) is 3.11. The summed E-state index contributed by atoms with van der Waals surface area (Å²) in [6.45, 7) is 6.19. The van der Waals surface area contributed by atoms with Gasteiger partial charge in [-0.15, -0.1) is 0 Å². The molecule has 0 saturated carbocycles. The summed E-state index contributed by atoms with van der Waals surface area (Å²) in [6.07, 6.45) is 2.69. The molecule has 0 amide bonds. The first-order valence-electron chi connectivity index (χ1n) is 6.65. The average Bonchev–Trinajstić information content (AvgIpc) is 2.43. The highest BCUT2D eigenvalue weighted by atomic mass is 16.5. The van der Waals surface area contributed by atoms with E-state index in [9.17, 15) is 9.59 Å². The number of esters is 1. The summed E-state index contributed by atoms with van der Waals surface area (Å²) in [7, 11) is 1.37. The first kappa shape index (κ1) is 15.3. The third kappa shape index (κ3) is 4.12. The molecular formula is C14H22N2O3. The molecule has 19 heavy (non-hydrogen) atoms. The van der Waals surface area contributed by atoms with Crippen molar-refractivity contribution in [2.45, 2.75) is 33.2 Å². The van der Waals surface area contributed by atoms with Gasteiger partial charge in [0.2, 0.25) is 0 Å². The molecule has 106 valence electrons. The van der Waals surface area contributed by atoms with Crippen molar-refractivity contribution in [1.29, 1.82) is 0 Å². The first-order chi connectivity index (χ1) is 9.13. The molecule has 0 bridgehead atoms. The maximum Gasteiger partial charge on any atom is 0.305 e. The minimum Gasteiger partial charge on any atom is -0.469 e. The van der Waals surface area contributed by atoms with Crippen LogP contribution < -0.4 is 10.5 Å². The number of nitrogens with zero attached hydrogens (tertiary/aromatic N) is 2. The molecule has 0 atom stereocenters. The Labute approximate surface area is 113 Å². The molecule has 0 aliphatic rings. The van der Waals surface area contributed by atoms with Crippen molar-refractivity contribution >= 4 is 11.7 Å². The van der Waals surface area contributed by atoms with Crippen LogP contribution in [0.4, 0.5) is 5.69 Å². The smallest absolute Gasteiger partial charge is 0.305 e. The van der Waals surface area contributed by atoms with Crippen LogP contribution in [-0.2, 0) is 16.1 Å². The maximum absolute atomic E-state index is 12.3. The zero-order valence-electron chi connectivity index (χ0n) is 11.9. The highest BCUT2D eigenvalue weighted by molar-refractivity contribution is 5.68. The number of aryl methyl sites for hydroxylation is 1. The Hall–Kier alpha value is -1.78. The lowest BCUT2D eigenvalue weighted by Gasteiger charge is -2.20. The van der Waals surface area contributed by atoms with Crippen molar-refractivity contribution in [3.8, 4) is 0 Å². The molecule has 1 aromatic rings. The fourth-order valence-electron chi connectivity index (χ4n) is 2.00. The van der Waals surface area contributed by atoms with Crippen molar-refractivity contribution in [2.24, 2.45) is 0 Å². The van der Waals surface area contributed by atoms with E-state index in [1.54, 1.807) is 10.8 Å². The minimum absolute atomic E-state index is 0.00364. The van der Waals surface area contributed by atoms with Gasteiger partial charge in [0.25, 0.3) is 5.56 Å². The van der Waals surface area contributed by atoms with E-state index in [1.165, 1.54) is 7.11 Å². The molecule has 0 unspecified atom stereocenters. The molecule has 0 aromatic carbocycles. The Morgan fingerprint density at radius 3 is 2.63 bits per heavy atom. The average molecular weight is 266 g/mol. The van der Waals surface area contributed by atoms with E-state index < -0.39 is 0 Å². The lowest BCUT2D eigenvalue weighted by molar-refractivity contribution is -0.140. The lowest BCUT2D eigenvalue weighted by atomic mass is 10.3. The van der Waals surface area contributed by atoms with Crippen LogP contribution in [0.2, 0.25) is 0 Å². The van der Waals surface area contributed by atoms with Crippen LogP contribution in [0.3, 0.4) is 0 Å². The minimum atomic E-state index is -0.243. The van der Waals surface area contributed by atoms with E-state index in [1.807, 2.05) is 30.9 Å². The van der Waals surface area contributed by atoms with E-state index in [-0.39, 0.29) is 11.5 Å². The summed E-state index contributed by atoms with van der Waals surface area (Å²) in [5.41, 5.74) is 0.710. The Bertz CT molecular complexity index is 464. The number of carbonyl (C=O) groups excluding carboxylic acids is 1. The summed E-state index contributed by atoms with van der Waals surface area (Å²) >= 11 is 0. The van der Waals surface area contributed by atoms with Gasteiger partial charge in [0.15, 0.2) is 0 Å². The highest BCUT2D eigenvalue weighted by Crippen LogP contribution is 2.07. The molecule has 0 radical (unpaired) electrons. The predicted molar refractivity (Wildman–Crippen MR) is 75.5 cm³/mol. The molecule has 1 heterocycles. The largest absolute Gasteiger partial charge is 0.469 e. The highest BCUT2D eigenvalue weighted by Gasteiger charge is 2.09. The number of hydrogen-bond acceptors (Lipinski definition) is 4. The zero-order valence-corrected chi connectivity index (χ0v) is 11.9. The van der Waals surface area contributed by atoms with E-state index in [0.717, 1.165) is 13.1 Å². The van der Waals surface area contributed by atoms with Gasteiger partial charge in [-0.05, 0) is 32.4 Å². The molecule has 1 aromatic heterocycles. The number of aromatic nitrogens is 1. The monoisotopic (exact) mass is 266 g/mol.